The van der Waals surface area contributed by atoms with Crippen LogP contribution in [0.15, 0.2) is 54.6 Å². The van der Waals surface area contributed by atoms with Gasteiger partial charge in [0.05, 0.1) is 6.42 Å². The normalized spacial score (nSPS) is 17.6. The second-order valence-corrected chi connectivity index (χ2v) is 7.72. The van der Waals surface area contributed by atoms with E-state index in [0.29, 0.717) is 5.37 Å². The van der Waals surface area contributed by atoms with Crippen molar-refractivity contribution in [3.8, 4) is 0 Å². The van der Waals surface area contributed by atoms with Gasteiger partial charge in [-0.2, -0.15) is 0 Å². The van der Waals surface area contributed by atoms with Crippen molar-refractivity contribution >= 4 is 31.7 Å². The zero-order valence-corrected chi connectivity index (χ0v) is 14.1. The molecule has 3 rings (SSSR count). The van der Waals surface area contributed by atoms with E-state index in [1.807, 2.05) is 21.2 Å². The number of hydrogen-bond acceptors (Lipinski definition) is 2. The second-order valence-electron chi connectivity index (χ2n) is 5.25. The largest absolute Gasteiger partial charge is 0.355 e. The molecule has 2 aromatic rings. The van der Waals surface area contributed by atoms with Gasteiger partial charge in [0.15, 0.2) is 0 Å². The monoisotopic (exact) mass is 314 g/mol. The zero-order valence-electron chi connectivity index (χ0n) is 12.5. The molecule has 0 amide bonds. The average Bonchev–Trinajstić information content (AvgIpc) is 3.00. The Kier molecular flexibility index (Phi) is 4.61. The van der Waals surface area contributed by atoms with Gasteiger partial charge in [-0.3, -0.25) is 0 Å². The van der Waals surface area contributed by atoms with E-state index in [1.54, 1.807) is 0 Å². The van der Waals surface area contributed by atoms with E-state index < -0.39 is 0 Å². The topological polar surface area (TPSA) is 3.24 Å². The number of anilines is 1. The van der Waals surface area contributed by atoms with E-state index in [1.165, 1.54) is 21.7 Å². The Morgan fingerprint density at radius 1 is 1.10 bits per heavy atom. The van der Waals surface area contributed by atoms with Crippen LogP contribution in [0.4, 0.5) is 5.69 Å². The van der Waals surface area contributed by atoms with Crippen LogP contribution in [-0.4, -0.2) is 16.8 Å². The molecule has 0 fully saturated rings. The fourth-order valence-electron chi connectivity index (χ4n) is 2.58. The molecular formula is C18H20NS2+. The van der Waals surface area contributed by atoms with Crippen molar-refractivity contribution in [2.75, 3.05) is 11.4 Å². The minimum Gasteiger partial charge on any atom is -0.355 e. The number of aryl methyl sites for hydroxylation is 1. The van der Waals surface area contributed by atoms with Gasteiger partial charge in [0.1, 0.15) is 5.37 Å². The fourth-order valence-corrected chi connectivity index (χ4v) is 5.67. The summed E-state index contributed by atoms with van der Waals surface area (Å²) in [6.07, 6.45) is 1.13. The summed E-state index contributed by atoms with van der Waals surface area (Å²) in [7, 11) is 3.92. The predicted molar refractivity (Wildman–Crippen MR) is 98.1 cm³/mol. The number of rotatable bonds is 4. The van der Waals surface area contributed by atoms with Crippen LogP contribution in [0.2, 0.25) is 0 Å². The average molecular weight is 314 g/mol. The van der Waals surface area contributed by atoms with Crippen molar-refractivity contribution in [1.29, 1.82) is 0 Å². The van der Waals surface area contributed by atoms with E-state index in [4.69, 9.17) is 0 Å². The van der Waals surface area contributed by atoms with Crippen molar-refractivity contribution in [3.63, 3.8) is 0 Å². The van der Waals surface area contributed by atoms with Crippen LogP contribution in [0, 0.1) is 6.92 Å². The molecule has 108 valence electrons. The molecule has 0 saturated heterocycles. The van der Waals surface area contributed by atoms with Crippen LogP contribution in [0.25, 0.3) is 0 Å². The van der Waals surface area contributed by atoms with Crippen molar-refractivity contribution in [2.45, 2.75) is 25.6 Å². The maximum Gasteiger partial charge on any atom is 0.267 e. The summed E-state index contributed by atoms with van der Waals surface area (Å²) in [5, 5.41) is 0.526. The molecule has 0 bridgehead atoms. The molecule has 0 aromatic heterocycles. The quantitative estimate of drug-likeness (QED) is 0.464. The summed E-state index contributed by atoms with van der Waals surface area (Å²) in [5.41, 5.74) is 4.02. The Labute approximate surface area is 134 Å². The third-order valence-corrected chi connectivity index (χ3v) is 6.67. The van der Waals surface area contributed by atoms with Gasteiger partial charge in [-0.15, -0.1) is 0 Å². The molecule has 1 heterocycles. The summed E-state index contributed by atoms with van der Waals surface area (Å²) in [6, 6.07) is 19.6. The van der Waals surface area contributed by atoms with Crippen LogP contribution < -0.4 is 4.90 Å². The highest BCUT2D eigenvalue weighted by Crippen LogP contribution is 2.32. The van der Waals surface area contributed by atoms with Crippen molar-refractivity contribution in [1.82, 2.24) is 0 Å². The Morgan fingerprint density at radius 2 is 1.81 bits per heavy atom. The van der Waals surface area contributed by atoms with E-state index in [9.17, 15) is 0 Å². The summed E-state index contributed by atoms with van der Waals surface area (Å²) in [6.45, 7) is 5.43. The third kappa shape index (κ3) is 3.30. The van der Waals surface area contributed by atoms with Crippen LogP contribution in [0.3, 0.4) is 0 Å². The molecule has 1 atom stereocenters. The van der Waals surface area contributed by atoms with E-state index in [-0.39, 0.29) is 0 Å². The molecule has 1 nitrogen and oxygen atoms in total. The maximum atomic E-state index is 2.51. The van der Waals surface area contributed by atoms with Gasteiger partial charge < -0.3 is 4.90 Å². The molecule has 3 heteroatoms. The molecule has 0 N–H and O–H groups in total. The van der Waals surface area contributed by atoms with E-state index in [2.05, 4.69) is 73.3 Å². The molecule has 1 aliphatic heterocycles. The fraction of sp³-hybridized carbons (Fsp3) is 0.278. The molecule has 0 aliphatic carbocycles. The highest BCUT2D eigenvalue weighted by Gasteiger charge is 2.36. The van der Waals surface area contributed by atoms with Gasteiger partial charge >= 0.3 is 0 Å². The Hall–Kier alpha value is -1.32. The number of nitrogens with zero attached hydrogens (tertiary/aromatic N) is 1. The lowest BCUT2D eigenvalue weighted by molar-refractivity contribution is 0.798. The number of hydrogen-bond donors (Lipinski definition) is 0. The molecule has 1 unspecified atom stereocenters. The second kappa shape index (κ2) is 6.63. The Bertz CT molecular complexity index is 619. The first-order chi connectivity index (χ1) is 10.3. The minimum atomic E-state index is 0.526. The van der Waals surface area contributed by atoms with Crippen LogP contribution in [-0.2, 0) is 10.4 Å². The van der Waals surface area contributed by atoms with E-state index in [0.717, 1.165) is 13.0 Å². The van der Waals surface area contributed by atoms with Gasteiger partial charge in [-0.05, 0) is 38.1 Å². The summed E-state index contributed by atoms with van der Waals surface area (Å²) in [5.74, 6) is 0. The van der Waals surface area contributed by atoms with Gasteiger partial charge in [0, 0.05) is 17.8 Å². The molecule has 0 spiro atoms. The smallest absolute Gasteiger partial charge is 0.267 e. The first-order valence-corrected chi connectivity index (χ1v) is 9.57. The summed E-state index contributed by atoms with van der Waals surface area (Å²) in [4.78, 5) is 4.00. The Balaban J connectivity index is 1.75. The Morgan fingerprint density at radius 3 is 2.48 bits per heavy atom. The van der Waals surface area contributed by atoms with Gasteiger partial charge in [0.25, 0.3) is 10.4 Å². The van der Waals surface area contributed by atoms with Crippen LogP contribution in [0.5, 0.6) is 0 Å². The molecule has 0 saturated carbocycles. The van der Waals surface area contributed by atoms with Crippen molar-refractivity contribution in [2.24, 2.45) is 0 Å². The molecule has 1 aliphatic rings. The lowest BCUT2D eigenvalue weighted by Gasteiger charge is -2.26. The first-order valence-electron chi connectivity index (χ1n) is 7.36. The maximum absolute atomic E-state index is 2.51. The number of benzene rings is 2. The predicted octanol–water partition coefficient (Wildman–Crippen LogP) is 4.50. The lowest BCUT2D eigenvalue weighted by atomic mass is 10.1. The molecular weight excluding hydrogens is 294 g/mol. The molecule has 2 aromatic carbocycles. The molecule has 0 radical (unpaired) electrons. The van der Waals surface area contributed by atoms with Gasteiger partial charge in [-0.1, -0.05) is 35.9 Å². The van der Waals surface area contributed by atoms with Crippen LogP contribution >= 0.6 is 10.8 Å². The van der Waals surface area contributed by atoms with Crippen LogP contribution in [0.1, 0.15) is 24.5 Å². The summed E-state index contributed by atoms with van der Waals surface area (Å²) < 4.78 is 0. The van der Waals surface area contributed by atoms with Gasteiger partial charge in [0.2, 0.25) is 15.7 Å². The van der Waals surface area contributed by atoms with E-state index >= 15 is 0 Å². The lowest BCUT2D eigenvalue weighted by Crippen LogP contribution is -2.32. The standard InChI is InChI=1S/C18H20NS2/c1-3-19(16-11-9-14(2)10-12-16)18-13-17(20-21-18)15-7-5-4-6-8-15/h4-12,18H,3,13H2,1-2H3/q+1. The summed E-state index contributed by atoms with van der Waals surface area (Å²) >= 11 is 0. The minimum absolute atomic E-state index is 0.526. The van der Waals surface area contributed by atoms with Gasteiger partial charge in [-0.25, -0.2) is 0 Å². The highest BCUT2D eigenvalue weighted by molar-refractivity contribution is 8.66. The highest BCUT2D eigenvalue weighted by atomic mass is 33.1. The van der Waals surface area contributed by atoms with Crippen molar-refractivity contribution in [3.05, 3.63) is 65.7 Å². The molecule has 21 heavy (non-hydrogen) atoms. The third-order valence-electron chi connectivity index (χ3n) is 3.77. The first kappa shape index (κ1) is 14.6. The van der Waals surface area contributed by atoms with Crippen molar-refractivity contribution < 1.29 is 0 Å². The zero-order chi connectivity index (χ0) is 14.7. The SMILES string of the molecule is CCN(c1ccc(C)cc1)C1CC(c2ccccc2)=[S+]S1.